The molecule has 3 rings (SSSR count). The highest BCUT2D eigenvalue weighted by Gasteiger charge is 2.25. The molecule has 7 heteroatoms. The number of halogens is 3. The van der Waals surface area contributed by atoms with E-state index in [0.717, 1.165) is 3.97 Å². The van der Waals surface area contributed by atoms with E-state index in [2.05, 4.69) is 15.9 Å². The zero-order valence-corrected chi connectivity index (χ0v) is 13.7. The fourth-order valence-corrected chi connectivity index (χ4v) is 4.38. The largest absolute Gasteiger partial charge is 0.268 e. The maximum absolute atomic E-state index is 14.3. The summed E-state index contributed by atoms with van der Waals surface area (Å²) in [6.07, 6.45) is 0. The number of hydrogen-bond donors (Lipinski definition) is 0. The van der Waals surface area contributed by atoms with E-state index >= 15 is 0 Å². The van der Waals surface area contributed by atoms with Crippen LogP contribution in [0.3, 0.4) is 0 Å². The molecule has 2 aromatic carbocycles. The lowest BCUT2D eigenvalue weighted by Crippen LogP contribution is -2.15. The van der Waals surface area contributed by atoms with Crippen molar-refractivity contribution in [2.24, 2.45) is 0 Å². The number of aryl methyl sites for hydroxylation is 1. The average Bonchev–Trinajstić information content (AvgIpc) is 2.82. The van der Waals surface area contributed by atoms with Gasteiger partial charge >= 0.3 is 0 Å². The molecular weight excluding hydrogens is 376 g/mol. The normalized spacial score (nSPS) is 12.0. The molecule has 1 heterocycles. The third-order valence-corrected chi connectivity index (χ3v) is 5.73. The van der Waals surface area contributed by atoms with Gasteiger partial charge in [-0.25, -0.2) is 21.2 Å². The molecule has 0 spiro atoms. The minimum Gasteiger partial charge on any atom is -0.235 e. The van der Waals surface area contributed by atoms with Gasteiger partial charge in [-0.3, -0.25) is 0 Å². The lowest BCUT2D eigenvalue weighted by molar-refractivity contribution is 0.509. The summed E-state index contributed by atoms with van der Waals surface area (Å²) >= 11 is 2.92. The molecule has 0 atom stereocenters. The van der Waals surface area contributed by atoms with Gasteiger partial charge in [0.05, 0.1) is 9.37 Å². The topological polar surface area (TPSA) is 39.1 Å². The Morgan fingerprint density at radius 3 is 2.32 bits per heavy atom. The monoisotopic (exact) mass is 385 g/mol. The minimum absolute atomic E-state index is 0.0123. The van der Waals surface area contributed by atoms with E-state index in [4.69, 9.17) is 0 Å². The Balaban J connectivity index is 2.42. The molecule has 0 unspecified atom stereocenters. The van der Waals surface area contributed by atoms with E-state index in [1.807, 2.05) is 0 Å². The average molecular weight is 386 g/mol. The lowest BCUT2D eigenvalue weighted by atomic mass is 10.2. The predicted molar refractivity (Wildman–Crippen MR) is 83.3 cm³/mol. The second-order valence-electron chi connectivity index (χ2n) is 4.79. The first-order valence-electron chi connectivity index (χ1n) is 6.30. The first kappa shape index (κ1) is 15.2. The Labute approximate surface area is 134 Å². The fourth-order valence-electron chi connectivity index (χ4n) is 2.39. The van der Waals surface area contributed by atoms with Gasteiger partial charge < -0.3 is 0 Å². The summed E-state index contributed by atoms with van der Waals surface area (Å²) in [5.41, 5.74) is 0.0114. The standard InChI is InChI=1S/C15H10BrF2NO2S/c1-9-7-10-8-12(16)13(17)14(18)15(10)19(9)22(20,21)11-5-3-2-4-6-11/h2-8H,1H3. The van der Waals surface area contributed by atoms with Crippen LogP contribution in [0.5, 0.6) is 0 Å². The van der Waals surface area contributed by atoms with E-state index in [-0.39, 0.29) is 14.9 Å². The van der Waals surface area contributed by atoms with Crippen LogP contribution in [0, 0.1) is 18.6 Å². The molecule has 0 aliphatic rings. The van der Waals surface area contributed by atoms with E-state index < -0.39 is 21.7 Å². The van der Waals surface area contributed by atoms with Crippen LogP contribution in [0.1, 0.15) is 5.69 Å². The van der Waals surface area contributed by atoms with Crippen molar-refractivity contribution in [2.75, 3.05) is 0 Å². The second-order valence-corrected chi connectivity index (χ2v) is 7.43. The first-order chi connectivity index (χ1) is 10.3. The minimum atomic E-state index is -4.01. The van der Waals surface area contributed by atoms with Crippen LogP contribution in [0.15, 0.2) is 51.8 Å². The van der Waals surface area contributed by atoms with Gasteiger partial charge in [0.15, 0.2) is 11.6 Å². The van der Waals surface area contributed by atoms with Gasteiger partial charge in [0.1, 0.15) is 5.52 Å². The molecule has 0 fully saturated rings. The highest BCUT2D eigenvalue weighted by Crippen LogP contribution is 2.32. The number of nitrogens with zero attached hydrogens (tertiary/aromatic N) is 1. The summed E-state index contributed by atoms with van der Waals surface area (Å²) in [6, 6.07) is 10.5. The van der Waals surface area contributed by atoms with Gasteiger partial charge in [-0.05, 0) is 47.1 Å². The molecule has 1 aromatic heterocycles. The smallest absolute Gasteiger partial charge is 0.235 e. The van der Waals surface area contributed by atoms with E-state index in [0.29, 0.717) is 11.1 Å². The van der Waals surface area contributed by atoms with Crippen molar-refractivity contribution in [1.82, 2.24) is 3.97 Å². The number of rotatable bonds is 2. The van der Waals surface area contributed by atoms with Gasteiger partial charge in [0.25, 0.3) is 10.0 Å². The highest BCUT2D eigenvalue weighted by molar-refractivity contribution is 9.10. The first-order valence-corrected chi connectivity index (χ1v) is 8.53. The molecule has 0 N–H and O–H groups in total. The Bertz CT molecular complexity index is 982. The van der Waals surface area contributed by atoms with Crippen LogP contribution in [0.25, 0.3) is 10.9 Å². The molecule has 3 nitrogen and oxygen atoms in total. The summed E-state index contributed by atoms with van der Waals surface area (Å²) < 4.78 is 54.4. The molecule has 0 aliphatic carbocycles. The number of fused-ring (bicyclic) bond motifs is 1. The Morgan fingerprint density at radius 2 is 1.68 bits per heavy atom. The Hall–Kier alpha value is -1.73. The van der Waals surface area contributed by atoms with Crippen molar-refractivity contribution in [1.29, 1.82) is 0 Å². The van der Waals surface area contributed by atoms with Gasteiger partial charge in [-0.15, -0.1) is 0 Å². The Kier molecular flexibility index (Phi) is 3.57. The van der Waals surface area contributed by atoms with Crippen molar-refractivity contribution in [3.05, 3.63) is 64.3 Å². The summed E-state index contributed by atoms with van der Waals surface area (Å²) in [7, 11) is -4.01. The molecule has 0 saturated heterocycles. The molecule has 0 saturated carbocycles. The fraction of sp³-hybridized carbons (Fsp3) is 0.0667. The number of hydrogen-bond acceptors (Lipinski definition) is 2. The number of benzene rings is 2. The molecule has 114 valence electrons. The maximum Gasteiger partial charge on any atom is 0.268 e. The lowest BCUT2D eigenvalue weighted by Gasteiger charge is -2.11. The third-order valence-electron chi connectivity index (χ3n) is 3.34. The molecule has 0 aliphatic heterocycles. The maximum atomic E-state index is 14.3. The van der Waals surface area contributed by atoms with Crippen LogP contribution < -0.4 is 0 Å². The van der Waals surface area contributed by atoms with Gasteiger partial charge in [-0.2, -0.15) is 0 Å². The molecule has 0 bridgehead atoms. The summed E-state index contributed by atoms with van der Waals surface area (Å²) in [5.74, 6) is -2.31. The van der Waals surface area contributed by atoms with Crippen molar-refractivity contribution >= 4 is 36.9 Å². The van der Waals surface area contributed by atoms with Crippen molar-refractivity contribution in [3.8, 4) is 0 Å². The van der Waals surface area contributed by atoms with Crippen molar-refractivity contribution in [2.45, 2.75) is 11.8 Å². The number of aromatic nitrogens is 1. The van der Waals surface area contributed by atoms with Crippen molar-refractivity contribution in [3.63, 3.8) is 0 Å². The van der Waals surface area contributed by atoms with E-state index in [9.17, 15) is 17.2 Å². The molecular formula is C15H10BrF2NO2S. The van der Waals surface area contributed by atoms with Gasteiger partial charge in [0, 0.05) is 11.1 Å². The second kappa shape index (κ2) is 5.17. The van der Waals surface area contributed by atoms with E-state index in [1.165, 1.54) is 31.2 Å². The summed E-state index contributed by atoms with van der Waals surface area (Å²) in [6.45, 7) is 1.53. The zero-order valence-electron chi connectivity index (χ0n) is 11.3. The SMILES string of the molecule is Cc1cc2cc(Br)c(F)c(F)c2n1S(=O)(=O)c1ccccc1. The quantitative estimate of drug-likeness (QED) is 0.619. The Morgan fingerprint density at radius 1 is 1.05 bits per heavy atom. The molecule has 0 amide bonds. The summed E-state index contributed by atoms with van der Waals surface area (Å²) in [4.78, 5) is 0.0123. The van der Waals surface area contributed by atoms with Crippen molar-refractivity contribution < 1.29 is 17.2 Å². The van der Waals surface area contributed by atoms with Crippen LogP contribution >= 0.6 is 15.9 Å². The predicted octanol–water partition coefficient (Wildman–Crippen LogP) is 4.23. The van der Waals surface area contributed by atoms with Gasteiger partial charge in [0.2, 0.25) is 0 Å². The van der Waals surface area contributed by atoms with E-state index in [1.54, 1.807) is 18.2 Å². The van der Waals surface area contributed by atoms with Crippen LogP contribution in [0.2, 0.25) is 0 Å². The third kappa shape index (κ3) is 2.16. The zero-order chi connectivity index (χ0) is 16.1. The van der Waals surface area contributed by atoms with Gasteiger partial charge in [-0.1, -0.05) is 18.2 Å². The molecule has 0 radical (unpaired) electrons. The molecule has 22 heavy (non-hydrogen) atoms. The summed E-state index contributed by atoms with van der Waals surface area (Å²) in [5, 5.41) is 0.308. The van der Waals surface area contributed by atoms with Crippen LogP contribution in [-0.4, -0.2) is 12.4 Å². The highest BCUT2D eigenvalue weighted by atomic mass is 79.9. The molecule has 3 aromatic rings. The van der Waals surface area contributed by atoms with Crippen LogP contribution in [-0.2, 0) is 10.0 Å². The van der Waals surface area contributed by atoms with Crippen LogP contribution in [0.4, 0.5) is 8.78 Å².